The minimum atomic E-state index is -4.57. The summed E-state index contributed by atoms with van der Waals surface area (Å²) in [7, 11) is -9.11. The van der Waals surface area contributed by atoms with Gasteiger partial charge in [0.2, 0.25) is 0 Å². The first-order valence-corrected chi connectivity index (χ1v) is 11.6. The van der Waals surface area contributed by atoms with Crippen LogP contribution in [0.4, 0.5) is 0 Å². The Morgan fingerprint density at radius 3 is 1.96 bits per heavy atom. The van der Waals surface area contributed by atoms with Crippen molar-refractivity contribution in [1.29, 1.82) is 0 Å². The Balaban J connectivity index is 1.91. The third-order valence-corrected chi connectivity index (χ3v) is 6.32. The van der Waals surface area contributed by atoms with Crippen LogP contribution in [-0.2, 0) is 27.2 Å². The summed E-state index contributed by atoms with van der Waals surface area (Å²) in [5.74, 6) is 0. The lowest BCUT2D eigenvalue weighted by Crippen LogP contribution is -1.98. The van der Waals surface area contributed by atoms with Crippen LogP contribution in [0.2, 0.25) is 0 Å². The third kappa shape index (κ3) is 12.6. The van der Waals surface area contributed by atoms with Crippen molar-refractivity contribution in [2.45, 2.75) is 70.8 Å². The fourth-order valence-electron chi connectivity index (χ4n) is 2.29. The molecule has 1 fully saturated rings. The number of rotatable bonds is 16. The number of hydrogen-bond acceptors (Lipinski definition) is 6. The molecule has 3 atom stereocenters. The first kappa shape index (κ1) is 22.3. The normalized spacial score (nSPS) is 22.0. The van der Waals surface area contributed by atoms with Gasteiger partial charge in [0.25, 0.3) is 0 Å². The molecule has 0 radical (unpaired) electrons. The Labute approximate surface area is 144 Å². The van der Waals surface area contributed by atoms with Gasteiger partial charge in [-0.1, -0.05) is 44.9 Å². The molecular formula is C14H30O8P2. The van der Waals surface area contributed by atoms with E-state index in [2.05, 4.69) is 13.4 Å². The van der Waals surface area contributed by atoms with Crippen LogP contribution >= 0.6 is 15.6 Å². The van der Waals surface area contributed by atoms with Crippen molar-refractivity contribution in [2.24, 2.45) is 0 Å². The largest absolute Gasteiger partial charge is 0.481 e. The smallest absolute Gasteiger partial charge is 0.373 e. The van der Waals surface area contributed by atoms with Crippen LogP contribution in [0.25, 0.3) is 0 Å². The summed E-state index contributed by atoms with van der Waals surface area (Å²) in [6.07, 6.45) is 10.2. The maximum Gasteiger partial charge on any atom is 0.481 e. The van der Waals surface area contributed by atoms with E-state index in [0.29, 0.717) is 12.5 Å². The van der Waals surface area contributed by atoms with Gasteiger partial charge >= 0.3 is 15.6 Å². The van der Waals surface area contributed by atoms with Gasteiger partial charge in [0.15, 0.2) is 0 Å². The molecule has 1 aliphatic heterocycles. The lowest BCUT2D eigenvalue weighted by molar-refractivity contribution is 0.156. The molecule has 0 bridgehead atoms. The zero-order valence-electron chi connectivity index (χ0n) is 14.3. The highest BCUT2D eigenvalue weighted by atomic mass is 31.3. The lowest BCUT2D eigenvalue weighted by Gasteiger charge is -2.15. The van der Waals surface area contributed by atoms with Crippen LogP contribution in [0.3, 0.4) is 0 Å². The average molecular weight is 388 g/mol. The monoisotopic (exact) mass is 388 g/mol. The first-order chi connectivity index (χ1) is 11.3. The highest BCUT2D eigenvalue weighted by molar-refractivity contribution is 7.61. The molecule has 0 aromatic rings. The summed E-state index contributed by atoms with van der Waals surface area (Å²) in [5, 5.41) is 0. The van der Waals surface area contributed by atoms with Crippen molar-refractivity contribution < 1.29 is 37.0 Å². The molecule has 0 spiro atoms. The summed E-state index contributed by atoms with van der Waals surface area (Å²) in [5.41, 5.74) is 0. The van der Waals surface area contributed by atoms with Crippen molar-refractivity contribution in [3.8, 4) is 0 Å². The topological polar surface area (TPSA) is 115 Å². The Kier molecular flexibility index (Phi) is 10.9. The van der Waals surface area contributed by atoms with Crippen molar-refractivity contribution in [3.05, 3.63) is 0 Å². The number of unbranched alkanes of at least 4 members (excludes halogenated alkanes) is 7. The maximum atomic E-state index is 11.5. The standard InChI is InChI=1S/C14H30O8P2/c1-2-20-23(15,16)22-24(17,18)21-12-10-8-6-4-3-5-7-9-11-14-13-19-14/h14H,2-13H2,1H3,(H,15,16)(H,17,18). The van der Waals surface area contributed by atoms with E-state index >= 15 is 0 Å². The van der Waals surface area contributed by atoms with E-state index in [1.165, 1.54) is 39.0 Å². The van der Waals surface area contributed by atoms with Gasteiger partial charge in [-0.25, -0.2) is 9.13 Å². The highest BCUT2D eigenvalue weighted by Crippen LogP contribution is 2.60. The van der Waals surface area contributed by atoms with Gasteiger partial charge in [-0.15, -0.1) is 0 Å². The van der Waals surface area contributed by atoms with Gasteiger partial charge in [-0.2, -0.15) is 4.31 Å². The van der Waals surface area contributed by atoms with Gasteiger partial charge in [-0.3, -0.25) is 9.05 Å². The third-order valence-electron chi connectivity index (χ3n) is 3.58. The molecule has 1 aliphatic rings. The van der Waals surface area contributed by atoms with E-state index in [1.54, 1.807) is 0 Å². The van der Waals surface area contributed by atoms with Gasteiger partial charge in [0.1, 0.15) is 0 Å². The molecule has 0 aromatic heterocycles. The van der Waals surface area contributed by atoms with E-state index in [9.17, 15) is 14.0 Å². The van der Waals surface area contributed by atoms with Crippen LogP contribution in [0.1, 0.15) is 64.7 Å². The highest BCUT2D eigenvalue weighted by Gasteiger charge is 2.34. The van der Waals surface area contributed by atoms with E-state index in [0.717, 1.165) is 25.9 Å². The van der Waals surface area contributed by atoms with Crippen molar-refractivity contribution in [2.75, 3.05) is 19.8 Å². The minimum Gasteiger partial charge on any atom is -0.373 e. The number of phosphoric ester groups is 2. The van der Waals surface area contributed by atoms with Crippen LogP contribution in [0, 0.1) is 0 Å². The Hall–Kier alpha value is 0.220. The molecule has 0 aliphatic carbocycles. The van der Waals surface area contributed by atoms with Crippen LogP contribution in [0.5, 0.6) is 0 Å². The molecule has 8 nitrogen and oxygen atoms in total. The Bertz CT molecular complexity index is 427. The zero-order chi connectivity index (χ0) is 17.9. The summed E-state index contributed by atoms with van der Waals surface area (Å²) >= 11 is 0. The number of epoxide rings is 1. The molecule has 144 valence electrons. The summed E-state index contributed by atoms with van der Waals surface area (Å²) < 4.78 is 41.0. The molecule has 0 saturated carbocycles. The van der Waals surface area contributed by atoms with Crippen molar-refractivity contribution in [3.63, 3.8) is 0 Å². The predicted molar refractivity (Wildman–Crippen MR) is 89.6 cm³/mol. The molecular weight excluding hydrogens is 358 g/mol. The molecule has 24 heavy (non-hydrogen) atoms. The molecule has 10 heteroatoms. The maximum absolute atomic E-state index is 11.5. The number of ether oxygens (including phenoxy) is 1. The van der Waals surface area contributed by atoms with Gasteiger partial charge < -0.3 is 14.5 Å². The second-order valence-corrected chi connectivity index (χ2v) is 8.89. The van der Waals surface area contributed by atoms with E-state index in [4.69, 9.17) is 9.63 Å². The Morgan fingerprint density at radius 2 is 1.42 bits per heavy atom. The van der Waals surface area contributed by atoms with E-state index in [-0.39, 0.29) is 13.2 Å². The second kappa shape index (κ2) is 11.8. The van der Waals surface area contributed by atoms with Gasteiger partial charge in [0, 0.05) is 0 Å². The molecule has 0 amide bonds. The van der Waals surface area contributed by atoms with Crippen LogP contribution < -0.4 is 0 Å². The Morgan fingerprint density at radius 1 is 0.917 bits per heavy atom. The zero-order valence-corrected chi connectivity index (χ0v) is 16.1. The molecule has 1 rings (SSSR count). The van der Waals surface area contributed by atoms with Crippen LogP contribution in [-0.4, -0.2) is 35.7 Å². The number of hydrogen-bond donors (Lipinski definition) is 2. The summed E-state index contributed by atoms with van der Waals surface area (Å²) in [6.45, 7) is 2.30. The van der Waals surface area contributed by atoms with Crippen molar-refractivity contribution in [1.82, 2.24) is 0 Å². The van der Waals surface area contributed by atoms with Crippen LogP contribution in [0.15, 0.2) is 0 Å². The quantitative estimate of drug-likeness (QED) is 0.230. The summed E-state index contributed by atoms with van der Waals surface area (Å²) in [4.78, 5) is 18.5. The predicted octanol–water partition coefficient (Wildman–Crippen LogP) is 4.17. The molecule has 2 N–H and O–H groups in total. The minimum absolute atomic E-state index is 0.00128. The SMILES string of the molecule is CCOP(=O)(O)OP(=O)(O)OCCCCCCCCCCC1CO1. The van der Waals surface area contributed by atoms with Gasteiger partial charge in [-0.05, 0) is 19.8 Å². The second-order valence-electron chi connectivity index (χ2n) is 5.84. The molecule has 1 saturated heterocycles. The average Bonchev–Trinajstić information content (AvgIpc) is 3.27. The molecule has 1 heterocycles. The van der Waals surface area contributed by atoms with Gasteiger partial charge in [0.05, 0.1) is 25.9 Å². The van der Waals surface area contributed by atoms with Crippen molar-refractivity contribution >= 4 is 15.6 Å². The molecule has 0 aromatic carbocycles. The molecule has 3 unspecified atom stereocenters. The first-order valence-electron chi connectivity index (χ1n) is 8.62. The fraction of sp³-hybridized carbons (Fsp3) is 1.00. The fourth-order valence-corrected chi connectivity index (χ4v) is 4.40. The van der Waals surface area contributed by atoms with E-state index < -0.39 is 15.6 Å². The lowest BCUT2D eigenvalue weighted by atomic mass is 10.1. The summed E-state index contributed by atoms with van der Waals surface area (Å²) in [6, 6.07) is 0. The van der Waals surface area contributed by atoms with E-state index in [1.807, 2.05) is 0 Å². The number of phosphoric acid groups is 2.